The van der Waals surface area contributed by atoms with Crippen LogP contribution >= 0.6 is 0 Å². The van der Waals surface area contributed by atoms with Crippen LogP contribution in [0.4, 0.5) is 0 Å². The molecule has 0 radical (unpaired) electrons. The third-order valence-corrected chi connectivity index (χ3v) is 5.93. The first kappa shape index (κ1) is 15.8. The lowest BCUT2D eigenvalue weighted by molar-refractivity contribution is 0.0698. The van der Waals surface area contributed by atoms with E-state index < -0.39 is 10.0 Å². The lowest BCUT2D eigenvalue weighted by Crippen LogP contribution is -2.50. The second-order valence-electron chi connectivity index (χ2n) is 5.43. The molecular formula is C14H18N4O4S. The molecule has 23 heavy (non-hydrogen) atoms. The fourth-order valence-electron chi connectivity index (χ4n) is 2.70. The maximum Gasteiger partial charge on any atom is 0.323 e. The molecule has 0 spiro atoms. The van der Waals surface area contributed by atoms with E-state index in [1.165, 1.54) is 4.31 Å². The van der Waals surface area contributed by atoms with Crippen LogP contribution in [0.3, 0.4) is 0 Å². The number of fused-ring (bicyclic) bond motifs is 1. The summed E-state index contributed by atoms with van der Waals surface area (Å²) in [5.41, 5.74) is 1.38. The van der Waals surface area contributed by atoms with Crippen molar-refractivity contribution in [1.29, 1.82) is 0 Å². The Kier molecular flexibility index (Phi) is 3.99. The molecule has 1 saturated heterocycles. The Hall–Kier alpha value is -2.13. The second-order valence-corrected chi connectivity index (χ2v) is 7.69. The molecule has 1 fully saturated rings. The summed E-state index contributed by atoms with van der Waals surface area (Å²) in [6, 6.07) is 4.96. The van der Waals surface area contributed by atoms with Crippen molar-refractivity contribution in [2.24, 2.45) is 0 Å². The molecule has 1 aliphatic rings. The highest BCUT2D eigenvalue weighted by molar-refractivity contribution is 7.89. The van der Waals surface area contributed by atoms with Gasteiger partial charge in [0.2, 0.25) is 10.0 Å². The van der Waals surface area contributed by atoms with Crippen LogP contribution < -0.4 is 5.69 Å². The number of nitrogens with zero attached hydrogens (tertiary/aromatic N) is 2. The van der Waals surface area contributed by atoms with Crippen molar-refractivity contribution in [3.63, 3.8) is 0 Å². The van der Waals surface area contributed by atoms with Crippen molar-refractivity contribution in [2.45, 2.75) is 6.92 Å². The molecule has 9 heteroatoms. The van der Waals surface area contributed by atoms with E-state index in [1.54, 1.807) is 30.0 Å². The van der Waals surface area contributed by atoms with E-state index in [4.69, 9.17) is 0 Å². The molecule has 124 valence electrons. The lowest BCUT2D eigenvalue weighted by Gasteiger charge is -2.33. The Labute approximate surface area is 133 Å². The second kappa shape index (κ2) is 5.82. The minimum atomic E-state index is -3.21. The summed E-state index contributed by atoms with van der Waals surface area (Å²) >= 11 is 0. The molecule has 1 aromatic heterocycles. The zero-order valence-corrected chi connectivity index (χ0v) is 13.5. The van der Waals surface area contributed by atoms with Gasteiger partial charge < -0.3 is 14.9 Å². The Bertz CT molecular complexity index is 891. The first-order valence-electron chi connectivity index (χ1n) is 7.40. The normalized spacial score (nSPS) is 16.8. The smallest absolute Gasteiger partial charge is 0.323 e. The van der Waals surface area contributed by atoms with Gasteiger partial charge in [0.05, 0.1) is 16.8 Å². The number of hydrogen-bond acceptors (Lipinski definition) is 4. The summed E-state index contributed by atoms with van der Waals surface area (Å²) in [5.74, 6) is -0.0964. The third kappa shape index (κ3) is 3.02. The number of nitrogens with one attached hydrogen (secondary N) is 2. The van der Waals surface area contributed by atoms with Gasteiger partial charge in [-0.15, -0.1) is 0 Å². The fraction of sp³-hybridized carbons (Fsp3) is 0.429. The van der Waals surface area contributed by atoms with Crippen molar-refractivity contribution < 1.29 is 13.2 Å². The van der Waals surface area contributed by atoms with Gasteiger partial charge in [-0.1, -0.05) is 0 Å². The van der Waals surface area contributed by atoms with E-state index in [2.05, 4.69) is 9.97 Å². The number of hydrogen-bond donors (Lipinski definition) is 2. The highest BCUT2D eigenvalue weighted by Gasteiger charge is 2.28. The van der Waals surface area contributed by atoms with Crippen molar-refractivity contribution in [1.82, 2.24) is 19.2 Å². The van der Waals surface area contributed by atoms with Crippen LogP contribution in [0.5, 0.6) is 0 Å². The molecule has 0 saturated carbocycles. The summed E-state index contributed by atoms with van der Waals surface area (Å²) in [6.07, 6.45) is 0. The largest absolute Gasteiger partial charge is 0.336 e. The molecule has 2 aromatic rings. The van der Waals surface area contributed by atoms with Crippen LogP contribution in [-0.4, -0.2) is 65.4 Å². The number of sulfonamides is 1. The molecule has 1 aromatic carbocycles. The van der Waals surface area contributed by atoms with Gasteiger partial charge in [0.1, 0.15) is 0 Å². The van der Waals surface area contributed by atoms with Gasteiger partial charge in [-0.25, -0.2) is 13.2 Å². The fourth-order valence-corrected chi connectivity index (χ4v) is 3.78. The SMILES string of the molecule is CCS(=O)(=O)N1CCN(C(=O)c2ccc3[nH]c(=O)[nH]c3c2)CC1. The molecule has 2 N–H and O–H groups in total. The minimum absolute atomic E-state index is 0.0679. The van der Waals surface area contributed by atoms with Crippen LogP contribution in [-0.2, 0) is 10.0 Å². The van der Waals surface area contributed by atoms with E-state index in [1.807, 2.05) is 0 Å². The Balaban J connectivity index is 1.74. The van der Waals surface area contributed by atoms with Crippen molar-refractivity contribution in [2.75, 3.05) is 31.9 Å². The van der Waals surface area contributed by atoms with E-state index in [9.17, 15) is 18.0 Å². The van der Waals surface area contributed by atoms with Crippen LogP contribution in [0.25, 0.3) is 11.0 Å². The Morgan fingerprint density at radius 3 is 2.43 bits per heavy atom. The third-order valence-electron chi connectivity index (χ3n) is 4.05. The summed E-state index contributed by atoms with van der Waals surface area (Å²) in [4.78, 5) is 30.7. The van der Waals surface area contributed by atoms with Gasteiger partial charge in [0.15, 0.2) is 0 Å². The number of aromatic nitrogens is 2. The Morgan fingerprint density at radius 1 is 1.13 bits per heavy atom. The summed E-state index contributed by atoms with van der Waals surface area (Å²) in [6.45, 7) is 2.95. The number of imidazole rings is 1. The predicted molar refractivity (Wildman–Crippen MR) is 85.9 cm³/mol. The molecule has 0 unspecified atom stereocenters. The lowest BCUT2D eigenvalue weighted by atomic mass is 10.1. The van der Waals surface area contributed by atoms with E-state index in [-0.39, 0.29) is 17.3 Å². The van der Waals surface area contributed by atoms with Gasteiger partial charge in [-0.2, -0.15) is 4.31 Å². The van der Waals surface area contributed by atoms with E-state index >= 15 is 0 Å². The molecular weight excluding hydrogens is 320 g/mol. The number of piperazine rings is 1. The average Bonchev–Trinajstić information content (AvgIpc) is 2.93. The van der Waals surface area contributed by atoms with Crippen LogP contribution in [0.2, 0.25) is 0 Å². The molecule has 0 aliphatic carbocycles. The Morgan fingerprint density at radius 2 is 1.78 bits per heavy atom. The number of carbonyl (C=O) groups is 1. The number of aromatic amines is 2. The van der Waals surface area contributed by atoms with Gasteiger partial charge >= 0.3 is 5.69 Å². The molecule has 1 amide bonds. The number of benzene rings is 1. The maximum absolute atomic E-state index is 12.5. The summed E-state index contributed by atoms with van der Waals surface area (Å²) < 4.78 is 25.1. The molecule has 8 nitrogen and oxygen atoms in total. The average molecular weight is 338 g/mol. The number of H-pyrrole nitrogens is 2. The van der Waals surface area contributed by atoms with Crippen molar-refractivity contribution in [3.05, 3.63) is 34.2 Å². The molecule has 1 aliphatic heterocycles. The van der Waals surface area contributed by atoms with Crippen LogP contribution in [0, 0.1) is 0 Å². The summed E-state index contributed by atoms with van der Waals surface area (Å²) in [7, 11) is -3.21. The van der Waals surface area contributed by atoms with Gasteiger partial charge in [-0.3, -0.25) is 4.79 Å². The molecule has 3 rings (SSSR count). The van der Waals surface area contributed by atoms with Gasteiger partial charge in [0, 0.05) is 31.7 Å². The van der Waals surface area contributed by atoms with Crippen LogP contribution in [0.1, 0.15) is 17.3 Å². The van der Waals surface area contributed by atoms with E-state index in [0.29, 0.717) is 42.8 Å². The zero-order chi connectivity index (χ0) is 16.6. The van der Waals surface area contributed by atoms with Crippen molar-refractivity contribution in [3.8, 4) is 0 Å². The number of amides is 1. The molecule has 0 bridgehead atoms. The molecule has 2 heterocycles. The monoisotopic (exact) mass is 338 g/mol. The highest BCUT2D eigenvalue weighted by Crippen LogP contribution is 2.15. The first-order chi connectivity index (χ1) is 10.9. The van der Waals surface area contributed by atoms with Crippen molar-refractivity contribution >= 4 is 27.0 Å². The van der Waals surface area contributed by atoms with Gasteiger partial charge in [-0.05, 0) is 25.1 Å². The topological polar surface area (TPSA) is 106 Å². The molecule has 0 atom stereocenters. The maximum atomic E-state index is 12.5. The highest BCUT2D eigenvalue weighted by atomic mass is 32.2. The predicted octanol–water partition coefficient (Wildman–Crippen LogP) is -0.0363. The quantitative estimate of drug-likeness (QED) is 0.819. The standard InChI is InChI=1S/C14H18N4O4S/c1-2-23(21,22)18-7-5-17(6-8-18)13(19)10-3-4-11-12(9-10)16-14(20)15-11/h3-4,9H,2,5-8H2,1H3,(H2,15,16,20). The van der Waals surface area contributed by atoms with Gasteiger partial charge in [0.25, 0.3) is 5.91 Å². The summed E-state index contributed by atoms with van der Waals surface area (Å²) in [5, 5.41) is 0. The number of carbonyl (C=O) groups excluding carboxylic acids is 1. The zero-order valence-electron chi connectivity index (χ0n) is 12.7. The first-order valence-corrected chi connectivity index (χ1v) is 9.01. The number of rotatable bonds is 3. The van der Waals surface area contributed by atoms with E-state index in [0.717, 1.165) is 0 Å². The van der Waals surface area contributed by atoms with Crippen LogP contribution in [0.15, 0.2) is 23.0 Å². The minimum Gasteiger partial charge on any atom is -0.336 e.